The van der Waals surface area contributed by atoms with Crippen molar-refractivity contribution in [1.29, 1.82) is 0 Å². The van der Waals surface area contributed by atoms with Crippen LogP contribution in [0.3, 0.4) is 0 Å². The lowest BCUT2D eigenvalue weighted by atomic mass is 9.70. The number of hydrogen-bond donors (Lipinski definition) is 1. The van der Waals surface area contributed by atoms with E-state index < -0.39 is 11.6 Å². The van der Waals surface area contributed by atoms with Crippen LogP contribution >= 0.6 is 0 Å². The molecule has 1 aromatic rings. The lowest BCUT2D eigenvalue weighted by Crippen LogP contribution is -2.47. The first kappa shape index (κ1) is 19.6. The number of benzene rings is 1. The predicted molar refractivity (Wildman–Crippen MR) is 99.4 cm³/mol. The highest BCUT2D eigenvalue weighted by atomic mass is 19.2. The van der Waals surface area contributed by atoms with Gasteiger partial charge in [-0.2, -0.15) is 0 Å². The molecule has 0 bridgehead atoms. The summed E-state index contributed by atoms with van der Waals surface area (Å²) < 4.78 is 26.5. The number of nitrogens with zero attached hydrogens (tertiary/aromatic N) is 2. The quantitative estimate of drug-likeness (QED) is 0.870. The third kappa shape index (κ3) is 4.57. The fourth-order valence-corrected chi connectivity index (χ4v) is 4.52. The van der Waals surface area contributed by atoms with E-state index in [2.05, 4.69) is 26.1 Å². The van der Waals surface area contributed by atoms with Crippen molar-refractivity contribution in [2.24, 2.45) is 11.3 Å². The van der Waals surface area contributed by atoms with E-state index >= 15 is 0 Å². The Labute approximate surface area is 158 Å². The highest BCUT2D eigenvalue weighted by Gasteiger charge is 2.34. The number of carbonyl (C=O) groups is 2. The summed E-state index contributed by atoms with van der Waals surface area (Å²) in [5, 5.41) is 3.06. The number of anilines is 1. The van der Waals surface area contributed by atoms with Gasteiger partial charge in [0.25, 0.3) is 0 Å². The van der Waals surface area contributed by atoms with Gasteiger partial charge in [0.05, 0.1) is 0 Å². The summed E-state index contributed by atoms with van der Waals surface area (Å²) in [5.41, 5.74) is 0.493. The number of rotatable bonds is 4. The molecule has 1 saturated heterocycles. The van der Waals surface area contributed by atoms with Crippen molar-refractivity contribution in [2.75, 3.05) is 24.5 Å². The Hall–Kier alpha value is -2.18. The van der Waals surface area contributed by atoms with E-state index in [0.717, 1.165) is 31.4 Å². The molecule has 1 saturated carbocycles. The predicted octanol–water partition coefficient (Wildman–Crippen LogP) is 3.54. The minimum absolute atomic E-state index is 0.0235. The van der Waals surface area contributed by atoms with Crippen molar-refractivity contribution in [1.82, 2.24) is 10.2 Å². The maximum Gasteiger partial charge on any atom is 0.325 e. The van der Waals surface area contributed by atoms with Crippen LogP contribution in [-0.2, 0) is 4.79 Å². The highest BCUT2D eigenvalue weighted by Crippen LogP contribution is 2.38. The molecule has 2 atom stereocenters. The molecule has 2 aliphatic rings. The summed E-state index contributed by atoms with van der Waals surface area (Å²) >= 11 is 0. The van der Waals surface area contributed by atoms with Crippen LogP contribution in [-0.4, -0.2) is 42.5 Å². The van der Waals surface area contributed by atoms with Gasteiger partial charge < -0.3 is 10.2 Å². The molecule has 2 fully saturated rings. The molecular formula is C20H27F2N3O2. The fraction of sp³-hybridized carbons (Fsp3) is 0.600. The largest absolute Gasteiger partial charge is 0.352 e. The number of urea groups is 1. The second kappa shape index (κ2) is 7.44. The van der Waals surface area contributed by atoms with Crippen molar-refractivity contribution in [3.63, 3.8) is 0 Å². The van der Waals surface area contributed by atoms with Crippen LogP contribution in [0.2, 0.25) is 0 Å². The molecule has 1 aliphatic carbocycles. The van der Waals surface area contributed by atoms with Crippen LogP contribution in [0, 0.1) is 23.0 Å². The molecule has 0 aromatic heterocycles. The molecule has 148 valence electrons. The SMILES string of the molecule is CC1CC(NC(=O)CN2CCN(c3ccc(F)c(F)c3)C2=O)CC(C)(C)C1. The van der Waals surface area contributed by atoms with Gasteiger partial charge in [-0.05, 0) is 42.7 Å². The number of nitrogens with one attached hydrogen (secondary N) is 1. The van der Waals surface area contributed by atoms with Crippen LogP contribution in [0.15, 0.2) is 18.2 Å². The van der Waals surface area contributed by atoms with Gasteiger partial charge in [-0.15, -0.1) is 0 Å². The van der Waals surface area contributed by atoms with Crippen molar-refractivity contribution >= 4 is 17.6 Å². The fourth-order valence-electron chi connectivity index (χ4n) is 4.52. The van der Waals surface area contributed by atoms with Gasteiger partial charge in [0.15, 0.2) is 11.6 Å². The molecule has 27 heavy (non-hydrogen) atoms. The first-order valence-electron chi connectivity index (χ1n) is 9.45. The molecule has 1 aliphatic heterocycles. The molecule has 1 N–H and O–H groups in total. The molecule has 2 unspecified atom stereocenters. The molecule has 3 rings (SSSR count). The van der Waals surface area contributed by atoms with Gasteiger partial charge in [-0.1, -0.05) is 20.8 Å². The van der Waals surface area contributed by atoms with Crippen molar-refractivity contribution in [3.8, 4) is 0 Å². The number of halogens is 2. The van der Waals surface area contributed by atoms with E-state index in [1.54, 1.807) is 0 Å². The second-order valence-electron chi connectivity index (χ2n) is 8.63. The van der Waals surface area contributed by atoms with Crippen LogP contribution in [0.5, 0.6) is 0 Å². The Balaban J connectivity index is 1.57. The van der Waals surface area contributed by atoms with E-state index in [1.165, 1.54) is 15.9 Å². The Morgan fingerprint density at radius 1 is 1.22 bits per heavy atom. The van der Waals surface area contributed by atoms with Crippen LogP contribution < -0.4 is 10.2 Å². The highest BCUT2D eigenvalue weighted by molar-refractivity contribution is 5.96. The maximum absolute atomic E-state index is 13.4. The zero-order valence-corrected chi connectivity index (χ0v) is 16.1. The topological polar surface area (TPSA) is 52.7 Å². The lowest BCUT2D eigenvalue weighted by Gasteiger charge is -2.39. The van der Waals surface area contributed by atoms with Crippen LogP contribution in [0.25, 0.3) is 0 Å². The zero-order chi connectivity index (χ0) is 19.8. The summed E-state index contributed by atoms with van der Waals surface area (Å²) in [4.78, 5) is 27.8. The van der Waals surface area contributed by atoms with Gasteiger partial charge in [0.2, 0.25) is 5.91 Å². The Bertz CT molecular complexity index is 738. The molecule has 1 heterocycles. The van der Waals surface area contributed by atoms with E-state index in [4.69, 9.17) is 0 Å². The van der Waals surface area contributed by atoms with Gasteiger partial charge in [-0.25, -0.2) is 13.6 Å². The minimum atomic E-state index is -0.995. The van der Waals surface area contributed by atoms with E-state index in [-0.39, 0.29) is 29.9 Å². The van der Waals surface area contributed by atoms with Gasteiger partial charge in [0.1, 0.15) is 6.54 Å². The minimum Gasteiger partial charge on any atom is -0.352 e. The number of amides is 3. The number of carbonyl (C=O) groups excluding carboxylic acids is 2. The lowest BCUT2D eigenvalue weighted by molar-refractivity contribution is -0.122. The van der Waals surface area contributed by atoms with Crippen molar-refractivity contribution < 1.29 is 18.4 Å². The zero-order valence-electron chi connectivity index (χ0n) is 16.1. The maximum atomic E-state index is 13.4. The Kier molecular flexibility index (Phi) is 5.40. The van der Waals surface area contributed by atoms with Crippen LogP contribution in [0.1, 0.15) is 40.0 Å². The summed E-state index contributed by atoms with van der Waals surface area (Å²) in [5.74, 6) is -1.57. The normalized spacial score (nSPS) is 25.0. The van der Waals surface area contributed by atoms with E-state index in [0.29, 0.717) is 24.7 Å². The molecule has 0 spiro atoms. The number of hydrogen-bond acceptors (Lipinski definition) is 2. The Morgan fingerprint density at radius 2 is 1.96 bits per heavy atom. The van der Waals surface area contributed by atoms with E-state index in [1.807, 2.05) is 0 Å². The third-order valence-electron chi connectivity index (χ3n) is 5.40. The van der Waals surface area contributed by atoms with E-state index in [9.17, 15) is 18.4 Å². The summed E-state index contributed by atoms with van der Waals surface area (Å²) in [7, 11) is 0. The average molecular weight is 379 g/mol. The Morgan fingerprint density at radius 3 is 2.63 bits per heavy atom. The van der Waals surface area contributed by atoms with Gasteiger partial charge in [0, 0.05) is 30.9 Å². The van der Waals surface area contributed by atoms with Crippen molar-refractivity contribution in [2.45, 2.75) is 46.1 Å². The van der Waals surface area contributed by atoms with Gasteiger partial charge in [-0.3, -0.25) is 9.69 Å². The summed E-state index contributed by atoms with van der Waals surface area (Å²) in [6.07, 6.45) is 3.02. The third-order valence-corrected chi connectivity index (χ3v) is 5.40. The molecule has 0 radical (unpaired) electrons. The molecule has 3 amide bonds. The molecular weight excluding hydrogens is 352 g/mol. The first-order chi connectivity index (χ1) is 12.6. The molecule has 5 nitrogen and oxygen atoms in total. The smallest absolute Gasteiger partial charge is 0.325 e. The van der Waals surface area contributed by atoms with Gasteiger partial charge >= 0.3 is 6.03 Å². The summed E-state index contributed by atoms with van der Waals surface area (Å²) in [6, 6.07) is 3.12. The molecule has 1 aromatic carbocycles. The van der Waals surface area contributed by atoms with Crippen LogP contribution in [0.4, 0.5) is 19.3 Å². The second-order valence-corrected chi connectivity index (χ2v) is 8.63. The summed E-state index contributed by atoms with van der Waals surface area (Å²) in [6.45, 7) is 7.31. The average Bonchev–Trinajstić information content (AvgIpc) is 2.89. The molecule has 7 heteroatoms. The van der Waals surface area contributed by atoms with Crippen molar-refractivity contribution in [3.05, 3.63) is 29.8 Å². The monoisotopic (exact) mass is 379 g/mol. The standard InChI is InChI=1S/C20H27F2N3O2/c1-13-8-14(11-20(2,3)10-13)23-18(26)12-24-6-7-25(19(24)27)15-4-5-16(21)17(22)9-15/h4-5,9,13-14H,6-8,10-12H2,1-3H3,(H,23,26). The first-order valence-corrected chi connectivity index (χ1v) is 9.45.